The first-order valence-electron chi connectivity index (χ1n) is 5.27. The number of aliphatic hydroxyl groups excluding tert-OH is 1. The van der Waals surface area contributed by atoms with E-state index in [0.717, 1.165) is 16.5 Å². The van der Waals surface area contributed by atoms with Gasteiger partial charge in [-0.1, -0.05) is 31.7 Å². The summed E-state index contributed by atoms with van der Waals surface area (Å²) in [5.41, 5.74) is 1.65. The molecule has 0 bridgehead atoms. The second-order valence-electron chi connectivity index (χ2n) is 4.15. The van der Waals surface area contributed by atoms with Crippen molar-refractivity contribution in [1.82, 2.24) is 0 Å². The second kappa shape index (κ2) is 5.08. The van der Waals surface area contributed by atoms with E-state index in [-0.39, 0.29) is 14.0 Å². The Bertz CT molecular complexity index is 673. The molecule has 0 fully saturated rings. The van der Waals surface area contributed by atoms with Gasteiger partial charge in [0.2, 0.25) is 0 Å². The summed E-state index contributed by atoms with van der Waals surface area (Å²) in [6.45, 7) is 1.78. The summed E-state index contributed by atoms with van der Waals surface area (Å²) in [6.07, 6.45) is 1.20. The molecule has 0 amide bonds. The predicted molar refractivity (Wildman–Crippen MR) is 74.4 cm³/mol. The van der Waals surface area contributed by atoms with Crippen LogP contribution in [0.15, 0.2) is 35.2 Å². The van der Waals surface area contributed by atoms with Gasteiger partial charge < -0.3 is 5.11 Å². The number of aryl methyl sites for hydroxylation is 1. The Morgan fingerprint density at radius 2 is 1.83 bits per heavy atom. The SMILES string of the molecule is C.Cc1cccc2c(CO)ccc(S(C)(=O)=O)c12. The molecule has 0 unspecified atom stereocenters. The van der Waals surface area contributed by atoms with E-state index < -0.39 is 9.84 Å². The fraction of sp³-hybridized carbons (Fsp3) is 0.286. The van der Waals surface area contributed by atoms with E-state index >= 15 is 0 Å². The first-order chi connectivity index (χ1) is 7.95. The lowest BCUT2D eigenvalue weighted by molar-refractivity contribution is 0.283. The van der Waals surface area contributed by atoms with Crippen molar-refractivity contribution in [1.29, 1.82) is 0 Å². The highest BCUT2D eigenvalue weighted by molar-refractivity contribution is 7.91. The quantitative estimate of drug-likeness (QED) is 0.909. The van der Waals surface area contributed by atoms with Gasteiger partial charge in [-0.2, -0.15) is 0 Å². The number of hydrogen-bond donors (Lipinski definition) is 1. The van der Waals surface area contributed by atoms with Crippen molar-refractivity contribution in [3.8, 4) is 0 Å². The maximum absolute atomic E-state index is 11.7. The molecule has 0 aromatic heterocycles. The smallest absolute Gasteiger partial charge is 0.176 e. The van der Waals surface area contributed by atoms with E-state index in [2.05, 4.69) is 0 Å². The number of sulfone groups is 1. The van der Waals surface area contributed by atoms with Gasteiger partial charge in [-0.15, -0.1) is 0 Å². The van der Waals surface area contributed by atoms with Crippen molar-refractivity contribution in [3.05, 3.63) is 41.5 Å². The van der Waals surface area contributed by atoms with Crippen molar-refractivity contribution in [2.75, 3.05) is 6.26 Å². The lowest BCUT2D eigenvalue weighted by Gasteiger charge is -2.11. The van der Waals surface area contributed by atoms with Crippen molar-refractivity contribution >= 4 is 20.6 Å². The maximum Gasteiger partial charge on any atom is 0.176 e. The molecule has 0 aliphatic heterocycles. The highest BCUT2D eigenvalue weighted by Gasteiger charge is 2.15. The molecule has 98 valence electrons. The van der Waals surface area contributed by atoms with Gasteiger partial charge in [0, 0.05) is 11.6 Å². The van der Waals surface area contributed by atoms with Crippen LogP contribution < -0.4 is 0 Å². The van der Waals surface area contributed by atoms with Gasteiger partial charge in [-0.3, -0.25) is 0 Å². The van der Waals surface area contributed by atoms with Crippen molar-refractivity contribution in [2.45, 2.75) is 25.9 Å². The van der Waals surface area contributed by atoms with Gasteiger partial charge in [0.05, 0.1) is 11.5 Å². The fourth-order valence-corrected chi connectivity index (χ4v) is 3.02. The van der Waals surface area contributed by atoms with Gasteiger partial charge in [0.15, 0.2) is 9.84 Å². The lowest BCUT2D eigenvalue weighted by Crippen LogP contribution is -2.01. The van der Waals surface area contributed by atoms with Crippen LogP contribution in [0, 0.1) is 6.92 Å². The molecule has 2 aromatic carbocycles. The van der Waals surface area contributed by atoms with Gasteiger partial charge in [0.25, 0.3) is 0 Å². The molecule has 0 saturated heterocycles. The van der Waals surface area contributed by atoms with E-state index in [9.17, 15) is 13.5 Å². The van der Waals surface area contributed by atoms with Crippen LogP contribution in [0.2, 0.25) is 0 Å². The monoisotopic (exact) mass is 266 g/mol. The van der Waals surface area contributed by atoms with E-state index in [1.54, 1.807) is 12.1 Å². The molecule has 0 aliphatic carbocycles. The third kappa shape index (κ3) is 2.40. The minimum atomic E-state index is -3.26. The molecule has 0 saturated carbocycles. The van der Waals surface area contributed by atoms with Crippen molar-refractivity contribution < 1.29 is 13.5 Å². The Labute approximate surface area is 108 Å². The second-order valence-corrected chi connectivity index (χ2v) is 6.13. The number of hydrogen-bond acceptors (Lipinski definition) is 3. The summed E-state index contributed by atoms with van der Waals surface area (Å²) in [5, 5.41) is 10.8. The molecule has 2 rings (SSSR count). The van der Waals surface area contributed by atoms with Crippen LogP contribution in [0.25, 0.3) is 10.8 Å². The molecule has 0 aliphatic rings. The standard InChI is InChI=1S/C13H14O3S.CH4/c1-9-4-3-5-11-10(8-14)6-7-12(13(9)11)17(2,15)16;/h3-7,14H,8H2,1-2H3;1H4. The van der Waals surface area contributed by atoms with Crippen LogP contribution in [0.5, 0.6) is 0 Å². The molecular formula is C14H18O3S. The minimum Gasteiger partial charge on any atom is -0.392 e. The topological polar surface area (TPSA) is 54.4 Å². The first-order valence-corrected chi connectivity index (χ1v) is 7.16. The summed E-state index contributed by atoms with van der Waals surface area (Å²) in [4.78, 5) is 0.322. The zero-order valence-electron chi connectivity index (χ0n) is 9.77. The zero-order valence-corrected chi connectivity index (χ0v) is 10.6. The highest BCUT2D eigenvalue weighted by atomic mass is 32.2. The average molecular weight is 266 g/mol. The fourth-order valence-electron chi connectivity index (χ4n) is 2.06. The Morgan fingerprint density at radius 3 is 2.39 bits per heavy atom. The molecule has 0 atom stereocenters. The van der Waals surface area contributed by atoms with Gasteiger partial charge in [0.1, 0.15) is 0 Å². The normalized spacial score (nSPS) is 11.3. The van der Waals surface area contributed by atoms with Crippen LogP contribution >= 0.6 is 0 Å². The number of aliphatic hydroxyl groups is 1. The van der Waals surface area contributed by atoms with E-state index in [1.807, 2.05) is 25.1 Å². The van der Waals surface area contributed by atoms with Gasteiger partial charge in [-0.25, -0.2) is 8.42 Å². The van der Waals surface area contributed by atoms with Crippen LogP contribution in [-0.2, 0) is 16.4 Å². The Morgan fingerprint density at radius 1 is 1.17 bits per heavy atom. The lowest BCUT2D eigenvalue weighted by atomic mass is 10.0. The van der Waals surface area contributed by atoms with E-state index in [4.69, 9.17) is 0 Å². The molecule has 2 aromatic rings. The first kappa shape index (κ1) is 14.7. The summed E-state index contributed by atoms with van der Waals surface area (Å²) < 4.78 is 23.5. The molecule has 4 heteroatoms. The number of fused-ring (bicyclic) bond motifs is 1. The third-order valence-corrected chi connectivity index (χ3v) is 4.01. The average Bonchev–Trinajstić information content (AvgIpc) is 2.27. The van der Waals surface area contributed by atoms with Crippen LogP contribution in [0.4, 0.5) is 0 Å². The van der Waals surface area contributed by atoms with Gasteiger partial charge in [-0.05, 0) is 29.5 Å². The van der Waals surface area contributed by atoms with E-state index in [1.165, 1.54) is 6.26 Å². The molecule has 18 heavy (non-hydrogen) atoms. The Balaban J connectivity index is 0.00000162. The minimum absolute atomic E-state index is 0. The number of rotatable bonds is 2. The molecule has 0 radical (unpaired) electrons. The molecule has 3 nitrogen and oxygen atoms in total. The van der Waals surface area contributed by atoms with Crippen LogP contribution in [0.1, 0.15) is 18.6 Å². The summed E-state index contributed by atoms with van der Waals surface area (Å²) >= 11 is 0. The molecule has 1 N–H and O–H groups in total. The molecular weight excluding hydrogens is 248 g/mol. The van der Waals surface area contributed by atoms with Crippen molar-refractivity contribution in [2.24, 2.45) is 0 Å². The highest BCUT2D eigenvalue weighted by Crippen LogP contribution is 2.29. The van der Waals surface area contributed by atoms with E-state index in [0.29, 0.717) is 10.3 Å². The summed E-state index contributed by atoms with van der Waals surface area (Å²) in [7, 11) is -3.26. The Hall–Kier alpha value is -1.39. The van der Waals surface area contributed by atoms with Crippen molar-refractivity contribution in [3.63, 3.8) is 0 Å². The van der Waals surface area contributed by atoms with Crippen LogP contribution in [0.3, 0.4) is 0 Å². The summed E-state index contributed by atoms with van der Waals surface area (Å²) in [5.74, 6) is 0. The third-order valence-electron chi connectivity index (χ3n) is 2.87. The molecule has 0 heterocycles. The van der Waals surface area contributed by atoms with Crippen LogP contribution in [-0.4, -0.2) is 19.8 Å². The van der Waals surface area contributed by atoms with Gasteiger partial charge >= 0.3 is 0 Å². The predicted octanol–water partition coefficient (Wildman–Crippen LogP) is 2.68. The zero-order chi connectivity index (χ0) is 12.6. The largest absolute Gasteiger partial charge is 0.392 e. The summed E-state index contributed by atoms with van der Waals surface area (Å²) in [6, 6.07) is 8.80. The number of benzene rings is 2. The molecule has 0 spiro atoms. The maximum atomic E-state index is 11.7. The Kier molecular flexibility index (Phi) is 4.14.